The van der Waals surface area contributed by atoms with E-state index < -0.39 is 41.7 Å². The molecule has 1 saturated heterocycles. The number of hydrogen-bond acceptors (Lipinski definition) is 8. The molecule has 11 heteroatoms. The van der Waals surface area contributed by atoms with Gasteiger partial charge >= 0.3 is 18.9 Å². The summed E-state index contributed by atoms with van der Waals surface area (Å²) in [4.78, 5) is 0.888. The maximum Gasteiger partial charge on any atom is 1.00 e. The van der Waals surface area contributed by atoms with Gasteiger partial charge in [0.05, 0.1) is 49.8 Å². The maximum atomic E-state index is 14.4. The van der Waals surface area contributed by atoms with Crippen LogP contribution in [0.15, 0.2) is 70.5 Å². The molecule has 11 aliphatic rings. The predicted octanol–water partition coefficient (Wildman–Crippen LogP) is 14.8. The Balaban J connectivity index is 0.000000174. The largest absolute Gasteiger partial charge is 1.00 e. The third-order valence-corrected chi connectivity index (χ3v) is 32.3. The van der Waals surface area contributed by atoms with Gasteiger partial charge in [-0.3, -0.25) is 0 Å². The summed E-state index contributed by atoms with van der Waals surface area (Å²) in [6.45, 7) is 25.4. The molecule has 2 aromatic rings. The molecule has 13 rings (SSSR count). The van der Waals surface area contributed by atoms with Crippen LogP contribution < -0.4 is 18.9 Å². The van der Waals surface area contributed by atoms with Crippen LogP contribution >= 0.6 is 0 Å². The van der Waals surface area contributed by atoms with E-state index in [1.54, 1.807) is 24.3 Å². The summed E-state index contributed by atoms with van der Waals surface area (Å²) >= 11 is 0. The Labute approximate surface area is 543 Å². The summed E-state index contributed by atoms with van der Waals surface area (Å²) < 4.78 is 60.3. The maximum absolute atomic E-state index is 14.4. The number of hydrogen-bond donors (Lipinski definition) is 3. The minimum absolute atomic E-state index is 0. The zero-order valence-corrected chi connectivity index (χ0v) is 58.2. The zero-order chi connectivity index (χ0) is 61.8. The summed E-state index contributed by atoms with van der Waals surface area (Å²) in [7, 11) is -6.83. The molecule has 19 atom stereocenters. The summed E-state index contributed by atoms with van der Waals surface area (Å²) in [6.07, 6.45) is 35.1. The molecule has 0 aromatic heterocycles. The van der Waals surface area contributed by atoms with Crippen molar-refractivity contribution in [2.45, 2.75) is 299 Å². The summed E-state index contributed by atoms with van der Waals surface area (Å²) in [5, 5.41) is 32.7. The standard InChI is InChI=1S/C36H56O4S.C29H44O3S.C7H12O.C4H9.Li/c1-25(32(24-36(38)18-9-6-10-19-36)41(39,40)27-11-7-5-8-12-27)29-15-16-30-28-14-13-26-23-33(2,37)21-22-34(26,3)31(28)17-20-35(29,30)4;1-20(19-33(31,32)22-8-6-5-7-9-22)24-12-13-25-23-11-10-21-18-27(2,30)16-17-28(21,3)26(23)14-15-29(24,25)4;1-2-4-7(5-3-1)6-8-7;1-3-4-2;/h5,7-8,11-12,25-26,28-32,37-38H,6,9-10,13-24H2,1-4H3;5-9,20-21,23-26,30H,10-19H2,1-4H3;1-6H2;1,3-4H2,2H3;/q;;;-1;+1/t25-,26-,28-,29+,30-,31-,32?,33-,34-,35+;20-,21+,23+,24-,25+,26+,27+,28+,29-;;;/m01.../s1. The molecule has 1 spiro atoms. The predicted molar refractivity (Wildman–Crippen MR) is 351 cm³/mol. The van der Waals surface area contributed by atoms with Crippen molar-refractivity contribution in [3.63, 3.8) is 0 Å². The first-order valence-electron chi connectivity index (χ1n) is 35.8. The second-order valence-corrected chi connectivity index (χ2v) is 37.6. The van der Waals surface area contributed by atoms with Crippen molar-refractivity contribution in [2.24, 2.45) is 92.7 Å². The van der Waals surface area contributed by atoms with Gasteiger partial charge in [0, 0.05) is 0 Å². The fourth-order valence-corrected chi connectivity index (χ4v) is 26.8. The Kier molecular flexibility index (Phi) is 22.0. The van der Waals surface area contributed by atoms with Gasteiger partial charge in [-0.1, -0.05) is 130 Å². The second kappa shape index (κ2) is 27.2. The summed E-state index contributed by atoms with van der Waals surface area (Å²) in [6, 6.07) is 18.1. The third-order valence-electron chi connectivity index (χ3n) is 28.1. The Bertz CT molecular complexity index is 2770. The average molecular weight is 1230 g/mol. The number of epoxide rings is 1. The minimum atomic E-state index is -3.58. The molecule has 1 heterocycles. The molecule has 1 aliphatic heterocycles. The number of unbranched alkanes of at least 4 members (excludes halogenated alkanes) is 1. The molecular formula is C76H121LiO8S2. The van der Waals surface area contributed by atoms with E-state index >= 15 is 0 Å². The molecule has 0 radical (unpaired) electrons. The first kappa shape index (κ1) is 70.1. The first-order chi connectivity index (χ1) is 40.6. The van der Waals surface area contributed by atoms with Gasteiger partial charge in [-0.05, 0) is 278 Å². The summed E-state index contributed by atoms with van der Waals surface area (Å²) in [5.41, 5.74) is -0.275. The van der Waals surface area contributed by atoms with E-state index in [2.05, 4.69) is 55.4 Å². The Morgan fingerprint density at radius 2 is 0.954 bits per heavy atom. The Morgan fingerprint density at radius 3 is 1.40 bits per heavy atom. The molecule has 0 amide bonds. The van der Waals surface area contributed by atoms with Crippen molar-refractivity contribution in [1.29, 1.82) is 0 Å². The van der Waals surface area contributed by atoms with E-state index in [1.165, 1.54) is 116 Å². The Morgan fingerprint density at radius 1 is 0.529 bits per heavy atom. The molecule has 10 saturated carbocycles. The van der Waals surface area contributed by atoms with Gasteiger partial charge in [-0.2, -0.15) is 6.42 Å². The molecule has 8 nitrogen and oxygen atoms in total. The molecular weight excluding hydrogens is 1110 g/mol. The molecule has 3 N–H and O–H groups in total. The van der Waals surface area contributed by atoms with Gasteiger partial charge in [0.15, 0.2) is 19.7 Å². The molecule has 87 heavy (non-hydrogen) atoms. The van der Waals surface area contributed by atoms with Gasteiger partial charge < -0.3 is 27.0 Å². The van der Waals surface area contributed by atoms with Crippen molar-refractivity contribution in [2.75, 3.05) is 12.4 Å². The molecule has 0 bridgehead atoms. The van der Waals surface area contributed by atoms with E-state index in [0.29, 0.717) is 62.2 Å². The van der Waals surface area contributed by atoms with Crippen LogP contribution in [-0.2, 0) is 24.4 Å². The molecule has 1 unspecified atom stereocenters. The number of aliphatic hydroxyl groups is 3. The second-order valence-electron chi connectivity index (χ2n) is 33.4. The molecule has 2 aromatic carbocycles. The third kappa shape index (κ3) is 14.4. The normalized spacial score (nSPS) is 41.5. The van der Waals surface area contributed by atoms with Crippen LogP contribution in [0.5, 0.6) is 0 Å². The van der Waals surface area contributed by atoms with E-state index in [0.717, 1.165) is 113 Å². The fraction of sp³-hybridized carbons (Fsp3) is 0.829. The van der Waals surface area contributed by atoms with Gasteiger partial charge in [-0.25, -0.2) is 16.8 Å². The number of fused-ring (bicyclic) bond motifs is 10. The van der Waals surface area contributed by atoms with Crippen molar-refractivity contribution >= 4 is 19.7 Å². The van der Waals surface area contributed by atoms with E-state index in [1.807, 2.05) is 50.2 Å². The van der Waals surface area contributed by atoms with Crippen LogP contribution in [0.3, 0.4) is 0 Å². The van der Waals surface area contributed by atoms with Crippen molar-refractivity contribution in [3.8, 4) is 0 Å². The number of ether oxygens (including phenoxy) is 1. The quantitative estimate of drug-likeness (QED) is 0.115. The van der Waals surface area contributed by atoms with Crippen LogP contribution in [0.2, 0.25) is 0 Å². The van der Waals surface area contributed by atoms with E-state index in [4.69, 9.17) is 4.74 Å². The monoisotopic (exact) mass is 1230 g/mol. The first-order valence-corrected chi connectivity index (χ1v) is 39.0. The van der Waals surface area contributed by atoms with Gasteiger partial charge in [0.2, 0.25) is 0 Å². The fourth-order valence-electron chi connectivity index (χ4n) is 22.9. The van der Waals surface area contributed by atoms with Crippen molar-refractivity contribution in [1.82, 2.24) is 0 Å². The van der Waals surface area contributed by atoms with Crippen LogP contribution in [-0.4, -0.2) is 72.2 Å². The average Bonchev–Trinajstić information content (AvgIpc) is 1.78. The zero-order valence-electron chi connectivity index (χ0n) is 56.5. The SMILES string of the molecule is C1CCC2(CC1)CO2.C[C@H](C(CC1(O)CCCCC1)S(=O)(=O)c1ccccc1)[C@H]1CC[C@H]2[C@@H]3CC[C@H]4C[C@@](C)(O)CC[C@]4(C)[C@H]3CC[C@]12C.C[C@H](CS(=O)(=O)c1ccccc1)[C@H]1CC[C@H]2[C@@H]3CC[C@H]4C[C@@](C)(O)CC[C@]4(C)[C@H]3CC[C@]12C.[CH2-]CCC.[Li+]. The van der Waals surface area contributed by atoms with Crippen LogP contribution in [0, 0.1) is 99.6 Å². The Hall–Kier alpha value is -1.22. The van der Waals surface area contributed by atoms with Crippen molar-refractivity contribution < 1.29 is 55.8 Å². The molecule has 10 aliphatic carbocycles. The van der Waals surface area contributed by atoms with Gasteiger partial charge in [0.1, 0.15) is 0 Å². The van der Waals surface area contributed by atoms with Gasteiger partial charge in [-0.15, -0.1) is 0 Å². The van der Waals surface area contributed by atoms with E-state index in [-0.39, 0.29) is 47.3 Å². The smallest absolute Gasteiger partial charge is 0.390 e. The minimum Gasteiger partial charge on any atom is -0.390 e. The number of rotatable bonds is 11. The van der Waals surface area contributed by atoms with Crippen molar-refractivity contribution in [3.05, 3.63) is 67.6 Å². The van der Waals surface area contributed by atoms with Crippen LogP contribution in [0.25, 0.3) is 0 Å². The molecule has 486 valence electrons. The topological polar surface area (TPSA) is 142 Å². The number of benzene rings is 2. The summed E-state index contributed by atoms with van der Waals surface area (Å²) in [5.74, 6) is 7.06. The number of sulfone groups is 2. The van der Waals surface area contributed by atoms with Gasteiger partial charge in [0.25, 0.3) is 0 Å². The van der Waals surface area contributed by atoms with E-state index in [9.17, 15) is 32.2 Å². The molecule has 11 fully saturated rings. The van der Waals surface area contributed by atoms with Crippen LogP contribution in [0.4, 0.5) is 0 Å². The van der Waals surface area contributed by atoms with Crippen LogP contribution in [0.1, 0.15) is 261 Å².